The van der Waals surface area contributed by atoms with E-state index in [9.17, 15) is 4.79 Å². The van der Waals surface area contributed by atoms with E-state index in [4.69, 9.17) is 11.6 Å². The Morgan fingerprint density at radius 2 is 1.96 bits per heavy atom. The summed E-state index contributed by atoms with van der Waals surface area (Å²) < 4.78 is 2.03. The first-order valence-electron chi connectivity index (χ1n) is 8.27. The van der Waals surface area contributed by atoms with Crippen LogP contribution >= 0.6 is 23.4 Å². The van der Waals surface area contributed by atoms with Crippen molar-refractivity contribution < 1.29 is 4.79 Å². The monoisotopic (exact) mass is 385 g/mol. The molecule has 1 N–H and O–H groups in total. The van der Waals surface area contributed by atoms with Crippen LogP contribution in [0.5, 0.6) is 0 Å². The minimum atomic E-state index is -0.0373. The first-order valence-corrected chi connectivity index (χ1v) is 9.63. The predicted octanol–water partition coefficient (Wildman–Crippen LogP) is 4.93. The van der Waals surface area contributed by atoms with Gasteiger partial charge in [-0.05, 0) is 48.7 Å². The van der Waals surface area contributed by atoms with Crippen molar-refractivity contribution in [3.05, 3.63) is 76.6 Å². The van der Waals surface area contributed by atoms with Crippen molar-refractivity contribution in [3.63, 3.8) is 0 Å². The molecule has 0 aliphatic carbocycles. The summed E-state index contributed by atoms with van der Waals surface area (Å²) in [6, 6.07) is 13.8. The van der Waals surface area contributed by atoms with Crippen LogP contribution in [0.2, 0.25) is 5.02 Å². The highest BCUT2D eigenvalue weighted by atomic mass is 35.5. The number of nitrogens with zero attached hydrogens (tertiary/aromatic N) is 2. The van der Waals surface area contributed by atoms with E-state index in [0.29, 0.717) is 12.3 Å². The van der Waals surface area contributed by atoms with Gasteiger partial charge < -0.3 is 9.88 Å². The standard InChI is InChI=1S/C20H20ClN3OS/c1-14-3-4-15(2)18(11-14)23-19(25)13-26-20-22-9-10-24(20)12-16-5-7-17(21)8-6-16/h3-11H,12-13H2,1-2H3,(H,23,25). The summed E-state index contributed by atoms with van der Waals surface area (Å²) in [4.78, 5) is 16.7. The second-order valence-electron chi connectivity index (χ2n) is 6.12. The number of carbonyl (C=O) groups is 1. The minimum absolute atomic E-state index is 0.0373. The Morgan fingerprint density at radius 1 is 1.19 bits per heavy atom. The highest BCUT2D eigenvalue weighted by Crippen LogP contribution is 2.20. The smallest absolute Gasteiger partial charge is 0.234 e. The van der Waals surface area contributed by atoms with Crippen molar-refractivity contribution in [2.75, 3.05) is 11.1 Å². The fourth-order valence-electron chi connectivity index (χ4n) is 2.53. The number of nitrogens with one attached hydrogen (secondary N) is 1. The van der Waals surface area contributed by atoms with Crippen LogP contribution in [0, 0.1) is 13.8 Å². The predicted molar refractivity (Wildman–Crippen MR) is 108 cm³/mol. The Balaban J connectivity index is 1.60. The maximum absolute atomic E-state index is 12.3. The van der Waals surface area contributed by atoms with Crippen molar-refractivity contribution in [2.45, 2.75) is 25.5 Å². The molecule has 26 heavy (non-hydrogen) atoms. The van der Waals surface area contributed by atoms with Gasteiger partial charge in [0, 0.05) is 29.6 Å². The van der Waals surface area contributed by atoms with E-state index >= 15 is 0 Å². The summed E-state index contributed by atoms with van der Waals surface area (Å²) in [7, 11) is 0. The summed E-state index contributed by atoms with van der Waals surface area (Å²) in [5.41, 5.74) is 4.17. The summed E-state index contributed by atoms with van der Waals surface area (Å²) in [6.45, 7) is 4.69. The number of hydrogen-bond donors (Lipinski definition) is 1. The number of amides is 1. The van der Waals surface area contributed by atoms with Gasteiger partial charge in [0.05, 0.1) is 5.75 Å². The molecule has 0 saturated heterocycles. The number of rotatable bonds is 6. The molecule has 0 spiro atoms. The second kappa shape index (κ2) is 8.43. The van der Waals surface area contributed by atoms with Gasteiger partial charge in [0.25, 0.3) is 0 Å². The normalized spacial score (nSPS) is 10.7. The van der Waals surface area contributed by atoms with Crippen molar-refractivity contribution in [1.29, 1.82) is 0 Å². The minimum Gasteiger partial charge on any atom is -0.325 e. The summed E-state index contributed by atoms with van der Waals surface area (Å²) in [5.74, 6) is 0.273. The van der Waals surface area contributed by atoms with Crippen LogP contribution in [0.25, 0.3) is 0 Å². The largest absolute Gasteiger partial charge is 0.325 e. The molecule has 1 heterocycles. The molecule has 0 bridgehead atoms. The highest BCUT2D eigenvalue weighted by molar-refractivity contribution is 7.99. The highest BCUT2D eigenvalue weighted by Gasteiger charge is 2.10. The Morgan fingerprint density at radius 3 is 2.73 bits per heavy atom. The zero-order valence-corrected chi connectivity index (χ0v) is 16.3. The number of anilines is 1. The number of halogens is 1. The van der Waals surface area contributed by atoms with Gasteiger partial charge in [-0.2, -0.15) is 0 Å². The van der Waals surface area contributed by atoms with Gasteiger partial charge >= 0.3 is 0 Å². The molecule has 0 atom stereocenters. The lowest BCUT2D eigenvalue weighted by molar-refractivity contribution is -0.113. The maximum atomic E-state index is 12.3. The number of thioether (sulfide) groups is 1. The molecule has 0 saturated carbocycles. The average Bonchev–Trinajstić information content (AvgIpc) is 3.05. The van der Waals surface area contributed by atoms with Crippen LogP contribution in [0.3, 0.4) is 0 Å². The molecule has 3 rings (SSSR count). The third-order valence-corrected chi connectivity index (χ3v) is 5.20. The molecule has 2 aromatic carbocycles. The van der Waals surface area contributed by atoms with Crippen LogP contribution in [0.4, 0.5) is 5.69 Å². The molecule has 0 aliphatic heterocycles. The maximum Gasteiger partial charge on any atom is 0.234 e. The Labute approximate surface area is 162 Å². The average molecular weight is 386 g/mol. The van der Waals surface area contributed by atoms with Crippen molar-refractivity contribution >= 4 is 35.0 Å². The molecule has 0 radical (unpaired) electrons. The number of hydrogen-bond acceptors (Lipinski definition) is 3. The first kappa shape index (κ1) is 18.5. The third-order valence-electron chi connectivity index (χ3n) is 3.94. The van der Waals surface area contributed by atoms with Crippen LogP contribution in [-0.4, -0.2) is 21.2 Å². The Hall–Kier alpha value is -2.24. The van der Waals surface area contributed by atoms with E-state index in [0.717, 1.165) is 32.6 Å². The summed E-state index contributed by atoms with van der Waals surface area (Å²) in [5, 5.41) is 4.51. The molecular formula is C20H20ClN3OS. The van der Waals surface area contributed by atoms with Gasteiger partial charge in [0.1, 0.15) is 0 Å². The number of imidazole rings is 1. The van der Waals surface area contributed by atoms with Gasteiger partial charge in [-0.1, -0.05) is 47.6 Å². The molecular weight excluding hydrogens is 366 g/mol. The topological polar surface area (TPSA) is 46.9 Å². The fraction of sp³-hybridized carbons (Fsp3) is 0.200. The zero-order valence-electron chi connectivity index (χ0n) is 14.7. The lowest BCUT2D eigenvalue weighted by atomic mass is 10.1. The molecule has 6 heteroatoms. The van der Waals surface area contributed by atoms with E-state index in [1.165, 1.54) is 11.8 Å². The summed E-state index contributed by atoms with van der Waals surface area (Å²) >= 11 is 7.36. The van der Waals surface area contributed by atoms with E-state index in [1.54, 1.807) is 6.20 Å². The number of carbonyl (C=O) groups excluding carboxylic acids is 1. The molecule has 1 aromatic heterocycles. The Kier molecular flexibility index (Phi) is 6.01. The second-order valence-corrected chi connectivity index (χ2v) is 7.50. The van der Waals surface area contributed by atoms with E-state index in [2.05, 4.69) is 10.3 Å². The molecule has 0 unspecified atom stereocenters. The lowest BCUT2D eigenvalue weighted by Crippen LogP contribution is -2.15. The fourth-order valence-corrected chi connectivity index (χ4v) is 3.41. The molecule has 4 nitrogen and oxygen atoms in total. The Bertz CT molecular complexity index is 906. The third kappa shape index (κ3) is 4.90. The summed E-state index contributed by atoms with van der Waals surface area (Å²) in [6.07, 6.45) is 3.67. The van der Waals surface area contributed by atoms with Gasteiger partial charge in [-0.15, -0.1) is 0 Å². The van der Waals surface area contributed by atoms with Crippen LogP contribution in [0.1, 0.15) is 16.7 Å². The first-order chi connectivity index (χ1) is 12.5. The molecule has 134 valence electrons. The quantitative estimate of drug-likeness (QED) is 0.612. The molecule has 0 aliphatic rings. The van der Waals surface area contributed by atoms with E-state index in [1.807, 2.05) is 67.1 Å². The van der Waals surface area contributed by atoms with Crippen molar-refractivity contribution in [2.24, 2.45) is 0 Å². The SMILES string of the molecule is Cc1ccc(C)c(NC(=O)CSc2nccn2Cc2ccc(Cl)cc2)c1. The van der Waals surface area contributed by atoms with Gasteiger partial charge in [-0.3, -0.25) is 4.79 Å². The number of benzene rings is 2. The molecule has 0 fully saturated rings. The van der Waals surface area contributed by atoms with Crippen molar-refractivity contribution in [1.82, 2.24) is 9.55 Å². The van der Waals surface area contributed by atoms with Crippen molar-refractivity contribution in [3.8, 4) is 0 Å². The zero-order chi connectivity index (χ0) is 18.5. The number of aryl methyl sites for hydroxylation is 2. The van der Waals surface area contributed by atoms with Gasteiger partial charge in [0.15, 0.2) is 5.16 Å². The lowest BCUT2D eigenvalue weighted by Gasteiger charge is -2.10. The van der Waals surface area contributed by atoms with Gasteiger partial charge in [0.2, 0.25) is 5.91 Å². The molecule has 1 amide bonds. The van der Waals surface area contributed by atoms with E-state index < -0.39 is 0 Å². The number of aromatic nitrogens is 2. The van der Waals surface area contributed by atoms with Crippen LogP contribution < -0.4 is 5.32 Å². The van der Waals surface area contributed by atoms with E-state index in [-0.39, 0.29) is 5.91 Å². The van der Waals surface area contributed by atoms with Crippen LogP contribution in [0.15, 0.2) is 60.0 Å². The molecule has 3 aromatic rings. The van der Waals surface area contributed by atoms with Gasteiger partial charge in [-0.25, -0.2) is 4.98 Å². The van der Waals surface area contributed by atoms with Crippen LogP contribution in [-0.2, 0) is 11.3 Å².